The smallest absolute Gasteiger partial charge is 0.323 e. The van der Waals surface area contributed by atoms with Gasteiger partial charge in [0.25, 0.3) is 0 Å². The molecule has 3 N–H and O–H groups in total. The average Bonchev–Trinajstić information content (AvgIpc) is 3.12. The fraction of sp³-hybridized carbons (Fsp3) is 0.0455. The van der Waals surface area contributed by atoms with Crippen LogP contribution >= 0.6 is 11.6 Å². The predicted molar refractivity (Wildman–Crippen MR) is 114 cm³/mol. The van der Waals surface area contributed by atoms with Gasteiger partial charge in [-0.15, -0.1) is 0 Å². The van der Waals surface area contributed by atoms with Crippen molar-refractivity contribution in [2.75, 3.05) is 17.7 Å². The van der Waals surface area contributed by atoms with Crippen LogP contribution in [-0.2, 0) is 0 Å². The summed E-state index contributed by atoms with van der Waals surface area (Å²) in [6, 6.07) is 22.2. The van der Waals surface area contributed by atoms with E-state index in [2.05, 4.69) is 15.6 Å². The van der Waals surface area contributed by atoms with E-state index in [1.54, 1.807) is 31.4 Å². The summed E-state index contributed by atoms with van der Waals surface area (Å²) < 4.78 is 5.11. The second-order valence-corrected chi connectivity index (χ2v) is 6.74. The van der Waals surface area contributed by atoms with Crippen molar-refractivity contribution in [3.63, 3.8) is 0 Å². The summed E-state index contributed by atoms with van der Waals surface area (Å²) in [6.07, 6.45) is 0. The molecule has 0 aliphatic rings. The van der Waals surface area contributed by atoms with E-state index in [-0.39, 0.29) is 6.03 Å². The molecule has 5 nitrogen and oxygen atoms in total. The third kappa shape index (κ3) is 3.94. The fourth-order valence-corrected chi connectivity index (χ4v) is 3.17. The van der Waals surface area contributed by atoms with Gasteiger partial charge in [-0.1, -0.05) is 23.7 Å². The second-order valence-electron chi connectivity index (χ2n) is 6.30. The molecule has 0 radical (unpaired) electrons. The number of nitrogens with one attached hydrogen (secondary N) is 3. The molecule has 28 heavy (non-hydrogen) atoms. The van der Waals surface area contributed by atoms with E-state index in [9.17, 15) is 4.79 Å². The standard InChI is InChI=1S/C22H18ClN3O2/c1-28-19-8-6-17(7-9-19)24-22(27)25-18-4-2-3-14(12-18)21-13-15-11-16(23)5-10-20(15)26-21/h2-13,26H,1H3,(H2,24,25,27). The van der Waals surface area contributed by atoms with Gasteiger partial charge in [-0.2, -0.15) is 0 Å². The lowest BCUT2D eigenvalue weighted by Gasteiger charge is -2.09. The molecular weight excluding hydrogens is 374 g/mol. The zero-order chi connectivity index (χ0) is 19.5. The molecule has 4 aromatic rings. The summed E-state index contributed by atoms with van der Waals surface area (Å²) in [5.41, 5.74) is 4.31. The van der Waals surface area contributed by atoms with E-state index in [4.69, 9.17) is 16.3 Å². The molecule has 0 saturated heterocycles. The van der Waals surface area contributed by atoms with Crippen LogP contribution in [0.4, 0.5) is 16.2 Å². The van der Waals surface area contributed by atoms with Crippen molar-refractivity contribution in [3.8, 4) is 17.0 Å². The molecule has 4 rings (SSSR count). The molecule has 6 heteroatoms. The van der Waals surface area contributed by atoms with E-state index in [0.29, 0.717) is 16.4 Å². The van der Waals surface area contributed by atoms with Crippen LogP contribution in [0.2, 0.25) is 5.02 Å². The van der Waals surface area contributed by atoms with Crippen molar-refractivity contribution in [1.82, 2.24) is 4.98 Å². The molecule has 0 atom stereocenters. The lowest BCUT2D eigenvalue weighted by molar-refractivity contribution is 0.262. The highest BCUT2D eigenvalue weighted by Crippen LogP contribution is 2.28. The van der Waals surface area contributed by atoms with Gasteiger partial charge in [0.2, 0.25) is 0 Å². The van der Waals surface area contributed by atoms with Gasteiger partial charge in [0.15, 0.2) is 0 Å². The van der Waals surface area contributed by atoms with Crippen molar-refractivity contribution in [1.29, 1.82) is 0 Å². The van der Waals surface area contributed by atoms with Crippen LogP contribution in [0.5, 0.6) is 5.75 Å². The highest BCUT2D eigenvalue weighted by Gasteiger charge is 2.07. The molecular formula is C22H18ClN3O2. The average molecular weight is 392 g/mol. The first-order valence-corrected chi connectivity index (χ1v) is 9.09. The molecule has 0 aliphatic heterocycles. The molecule has 3 aromatic carbocycles. The zero-order valence-corrected chi connectivity index (χ0v) is 15.9. The van der Waals surface area contributed by atoms with Crippen LogP contribution in [0, 0.1) is 0 Å². The van der Waals surface area contributed by atoms with Gasteiger partial charge in [-0.25, -0.2) is 4.79 Å². The lowest BCUT2D eigenvalue weighted by atomic mass is 10.1. The Hall–Kier alpha value is -3.44. The number of aromatic amines is 1. The van der Waals surface area contributed by atoms with Gasteiger partial charge in [0.1, 0.15) is 5.75 Å². The number of aromatic nitrogens is 1. The third-order valence-corrected chi connectivity index (χ3v) is 4.60. The minimum atomic E-state index is -0.314. The number of benzene rings is 3. The van der Waals surface area contributed by atoms with E-state index < -0.39 is 0 Å². The van der Waals surface area contributed by atoms with Gasteiger partial charge >= 0.3 is 6.03 Å². The number of H-pyrrole nitrogens is 1. The van der Waals surface area contributed by atoms with E-state index in [1.165, 1.54) is 0 Å². The maximum absolute atomic E-state index is 12.3. The number of carbonyl (C=O) groups is 1. The minimum absolute atomic E-state index is 0.314. The normalized spacial score (nSPS) is 10.6. The number of urea groups is 1. The number of ether oxygens (including phenoxy) is 1. The van der Waals surface area contributed by atoms with Crippen molar-refractivity contribution < 1.29 is 9.53 Å². The Morgan fingerprint density at radius 2 is 1.71 bits per heavy atom. The molecule has 0 spiro atoms. The van der Waals surface area contributed by atoms with Crippen LogP contribution in [-0.4, -0.2) is 18.1 Å². The number of amides is 2. The first-order valence-electron chi connectivity index (χ1n) is 8.71. The van der Waals surface area contributed by atoms with E-state index >= 15 is 0 Å². The SMILES string of the molecule is COc1ccc(NC(=O)Nc2cccc(-c3cc4cc(Cl)ccc4[nH]3)c2)cc1. The number of anilines is 2. The van der Waals surface area contributed by atoms with Gasteiger partial charge < -0.3 is 20.4 Å². The number of fused-ring (bicyclic) bond motifs is 1. The van der Waals surface area contributed by atoms with Crippen molar-refractivity contribution in [2.45, 2.75) is 0 Å². The lowest BCUT2D eigenvalue weighted by Crippen LogP contribution is -2.19. The Morgan fingerprint density at radius 1 is 0.929 bits per heavy atom. The monoisotopic (exact) mass is 391 g/mol. The topological polar surface area (TPSA) is 66.2 Å². The highest BCUT2D eigenvalue weighted by atomic mass is 35.5. The maximum atomic E-state index is 12.3. The molecule has 0 aliphatic carbocycles. The number of methoxy groups -OCH3 is 1. The third-order valence-electron chi connectivity index (χ3n) is 4.36. The molecule has 140 valence electrons. The fourth-order valence-electron chi connectivity index (χ4n) is 2.99. The van der Waals surface area contributed by atoms with Crippen LogP contribution in [0.15, 0.2) is 72.8 Å². The van der Waals surface area contributed by atoms with Gasteiger partial charge in [-0.3, -0.25) is 0 Å². The number of carbonyl (C=O) groups excluding carboxylic acids is 1. The van der Waals surface area contributed by atoms with Crippen LogP contribution in [0.25, 0.3) is 22.2 Å². The summed E-state index contributed by atoms with van der Waals surface area (Å²) in [4.78, 5) is 15.7. The van der Waals surface area contributed by atoms with Gasteiger partial charge in [0.05, 0.1) is 7.11 Å². The summed E-state index contributed by atoms with van der Waals surface area (Å²) in [6.45, 7) is 0. The summed E-state index contributed by atoms with van der Waals surface area (Å²) in [7, 11) is 1.60. The van der Waals surface area contributed by atoms with Crippen molar-refractivity contribution in [2.24, 2.45) is 0 Å². The molecule has 1 aromatic heterocycles. The Morgan fingerprint density at radius 3 is 2.50 bits per heavy atom. The largest absolute Gasteiger partial charge is 0.497 e. The summed E-state index contributed by atoms with van der Waals surface area (Å²) in [5.74, 6) is 0.735. The summed E-state index contributed by atoms with van der Waals surface area (Å²) in [5, 5.41) is 7.39. The maximum Gasteiger partial charge on any atom is 0.323 e. The van der Waals surface area contributed by atoms with Gasteiger partial charge in [-0.05, 0) is 60.7 Å². The quantitative estimate of drug-likeness (QED) is 0.391. The van der Waals surface area contributed by atoms with Crippen molar-refractivity contribution >= 4 is 39.9 Å². The zero-order valence-electron chi connectivity index (χ0n) is 15.1. The minimum Gasteiger partial charge on any atom is -0.497 e. The van der Waals surface area contributed by atoms with Crippen molar-refractivity contribution in [3.05, 3.63) is 77.8 Å². The highest BCUT2D eigenvalue weighted by molar-refractivity contribution is 6.31. The molecule has 0 fully saturated rings. The first-order chi connectivity index (χ1) is 13.6. The molecule has 0 bridgehead atoms. The van der Waals surface area contributed by atoms with Gasteiger partial charge in [0, 0.05) is 38.6 Å². The van der Waals surface area contributed by atoms with Crippen LogP contribution in [0.3, 0.4) is 0 Å². The first kappa shape index (κ1) is 17.9. The second kappa shape index (κ2) is 7.66. The summed E-state index contributed by atoms with van der Waals surface area (Å²) >= 11 is 6.06. The Kier molecular flexibility index (Phi) is 4.91. The molecule has 1 heterocycles. The molecule has 0 unspecified atom stereocenters. The Bertz CT molecular complexity index is 1140. The molecule has 0 saturated carbocycles. The predicted octanol–water partition coefficient (Wildman–Crippen LogP) is 6.14. The number of rotatable bonds is 4. The molecule has 2 amide bonds. The van der Waals surface area contributed by atoms with Crippen LogP contribution in [0.1, 0.15) is 0 Å². The number of hydrogen-bond donors (Lipinski definition) is 3. The Balaban J connectivity index is 1.50. The Labute approximate surface area is 167 Å². The number of hydrogen-bond acceptors (Lipinski definition) is 2. The van der Waals surface area contributed by atoms with E-state index in [0.717, 1.165) is 27.9 Å². The number of halogens is 1. The van der Waals surface area contributed by atoms with Crippen LogP contribution < -0.4 is 15.4 Å². The van der Waals surface area contributed by atoms with E-state index in [1.807, 2.05) is 48.5 Å².